The van der Waals surface area contributed by atoms with Crippen molar-refractivity contribution in [1.82, 2.24) is 0 Å². The molecule has 0 N–H and O–H groups in total. The number of halogens is 1. The zero-order chi connectivity index (χ0) is 13.0. The summed E-state index contributed by atoms with van der Waals surface area (Å²) in [6.45, 7) is 0. The van der Waals surface area contributed by atoms with Crippen LogP contribution in [-0.2, 0) is 0 Å². The van der Waals surface area contributed by atoms with Gasteiger partial charge in [-0.3, -0.25) is 4.79 Å². The maximum absolute atomic E-state index is 11.8. The van der Waals surface area contributed by atoms with E-state index >= 15 is 0 Å². The molecular weight excluding hydrogens is 292 g/mol. The van der Waals surface area contributed by atoms with Crippen molar-refractivity contribution in [2.24, 2.45) is 0 Å². The lowest BCUT2D eigenvalue weighted by Gasteiger charge is -2.09. The minimum atomic E-state index is 0.0182. The summed E-state index contributed by atoms with van der Waals surface area (Å²) in [6.07, 6.45) is 0. The molecule has 0 fully saturated rings. The molecular formula is C15H13BrO2. The number of Topliss-reactive ketones (excluding diaryl/α,β-unsaturated/α-hetero) is 1. The van der Waals surface area contributed by atoms with Gasteiger partial charge in [-0.15, -0.1) is 0 Å². The second-order valence-corrected chi connectivity index (χ2v) is 4.40. The average molecular weight is 305 g/mol. The van der Waals surface area contributed by atoms with Crippen LogP contribution in [0.15, 0.2) is 48.5 Å². The molecule has 0 heterocycles. The number of benzene rings is 2. The van der Waals surface area contributed by atoms with E-state index in [9.17, 15) is 4.79 Å². The monoisotopic (exact) mass is 304 g/mol. The van der Waals surface area contributed by atoms with E-state index in [-0.39, 0.29) is 5.78 Å². The number of methoxy groups -OCH3 is 1. The molecule has 0 bridgehead atoms. The molecule has 0 aliphatic carbocycles. The summed E-state index contributed by atoms with van der Waals surface area (Å²) in [5, 5.41) is 0.293. The molecule has 2 rings (SSSR count). The van der Waals surface area contributed by atoms with Crippen molar-refractivity contribution in [3.63, 3.8) is 0 Å². The summed E-state index contributed by atoms with van der Waals surface area (Å²) in [4.78, 5) is 11.8. The van der Waals surface area contributed by atoms with Crippen molar-refractivity contribution in [2.45, 2.75) is 0 Å². The van der Waals surface area contributed by atoms with Crippen LogP contribution in [0, 0.1) is 0 Å². The summed E-state index contributed by atoms with van der Waals surface area (Å²) in [6, 6.07) is 15.6. The van der Waals surface area contributed by atoms with Crippen LogP contribution in [0.3, 0.4) is 0 Å². The molecule has 2 nitrogen and oxygen atoms in total. The van der Waals surface area contributed by atoms with Gasteiger partial charge >= 0.3 is 0 Å². The Bertz CT molecular complexity index is 550. The highest BCUT2D eigenvalue weighted by molar-refractivity contribution is 9.09. The first kappa shape index (κ1) is 12.8. The number of carbonyl (C=O) groups is 1. The van der Waals surface area contributed by atoms with Gasteiger partial charge in [0.05, 0.1) is 18.0 Å². The Labute approximate surface area is 115 Å². The number of hydrogen-bond acceptors (Lipinski definition) is 2. The van der Waals surface area contributed by atoms with Crippen LogP contribution in [0.2, 0.25) is 0 Å². The highest BCUT2D eigenvalue weighted by Gasteiger charge is 2.12. The Balaban J connectivity index is 2.49. The standard InChI is InChI=1S/C15H13BrO2/c1-18-15-8-7-12(9-13(15)14(17)10-16)11-5-3-2-4-6-11/h2-9H,10H2,1H3. The van der Waals surface area contributed by atoms with Crippen LogP contribution in [0.25, 0.3) is 11.1 Å². The van der Waals surface area contributed by atoms with Gasteiger partial charge in [-0.1, -0.05) is 52.3 Å². The SMILES string of the molecule is COc1ccc(-c2ccccc2)cc1C(=O)CBr. The van der Waals surface area contributed by atoms with Crippen molar-refractivity contribution < 1.29 is 9.53 Å². The summed E-state index contributed by atoms with van der Waals surface area (Å²) >= 11 is 3.19. The first-order valence-corrected chi connectivity index (χ1v) is 6.71. The third-order valence-electron chi connectivity index (χ3n) is 2.73. The third-order valence-corrected chi connectivity index (χ3v) is 3.24. The first-order chi connectivity index (χ1) is 8.76. The maximum atomic E-state index is 11.8. The fourth-order valence-electron chi connectivity index (χ4n) is 1.81. The lowest BCUT2D eigenvalue weighted by Crippen LogP contribution is -2.03. The highest BCUT2D eigenvalue weighted by Crippen LogP contribution is 2.27. The van der Waals surface area contributed by atoms with Gasteiger partial charge in [-0.25, -0.2) is 0 Å². The molecule has 18 heavy (non-hydrogen) atoms. The normalized spacial score (nSPS) is 10.1. The van der Waals surface area contributed by atoms with Crippen LogP contribution in [0.4, 0.5) is 0 Å². The topological polar surface area (TPSA) is 26.3 Å². The number of alkyl halides is 1. The Morgan fingerprint density at radius 2 is 1.83 bits per heavy atom. The van der Waals surface area contributed by atoms with E-state index < -0.39 is 0 Å². The second kappa shape index (κ2) is 5.83. The maximum Gasteiger partial charge on any atom is 0.177 e. The van der Waals surface area contributed by atoms with E-state index in [1.807, 2.05) is 48.5 Å². The minimum absolute atomic E-state index is 0.0182. The summed E-state index contributed by atoms with van der Waals surface area (Å²) in [5.41, 5.74) is 2.71. The number of ether oxygens (including phenoxy) is 1. The molecule has 3 heteroatoms. The summed E-state index contributed by atoms with van der Waals surface area (Å²) in [7, 11) is 1.57. The van der Waals surface area contributed by atoms with Crippen LogP contribution < -0.4 is 4.74 Å². The molecule has 92 valence electrons. The van der Waals surface area contributed by atoms with Crippen LogP contribution in [-0.4, -0.2) is 18.2 Å². The minimum Gasteiger partial charge on any atom is -0.496 e. The lowest BCUT2D eigenvalue weighted by atomic mass is 10.0. The summed E-state index contributed by atoms with van der Waals surface area (Å²) in [5.74, 6) is 0.628. The highest BCUT2D eigenvalue weighted by atomic mass is 79.9. The van der Waals surface area contributed by atoms with Gasteiger partial charge in [0.1, 0.15) is 5.75 Å². The van der Waals surface area contributed by atoms with Crippen LogP contribution in [0.5, 0.6) is 5.75 Å². The van der Waals surface area contributed by atoms with E-state index in [4.69, 9.17) is 4.74 Å². The van der Waals surface area contributed by atoms with Gasteiger partial charge in [-0.2, -0.15) is 0 Å². The van der Waals surface area contributed by atoms with E-state index in [2.05, 4.69) is 15.9 Å². The molecule has 0 aliphatic heterocycles. The number of hydrogen-bond donors (Lipinski definition) is 0. The molecule has 0 saturated carbocycles. The Kier molecular flexibility index (Phi) is 4.15. The van der Waals surface area contributed by atoms with Crippen molar-refractivity contribution in [2.75, 3.05) is 12.4 Å². The molecule has 0 spiro atoms. The van der Waals surface area contributed by atoms with Gasteiger partial charge in [0.25, 0.3) is 0 Å². The van der Waals surface area contributed by atoms with Crippen molar-refractivity contribution in [3.8, 4) is 16.9 Å². The zero-order valence-corrected chi connectivity index (χ0v) is 11.6. The smallest absolute Gasteiger partial charge is 0.177 e. The predicted octanol–water partition coefficient (Wildman–Crippen LogP) is 3.94. The molecule has 0 aromatic heterocycles. The molecule has 0 saturated heterocycles. The molecule has 0 aliphatic rings. The largest absolute Gasteiger partial charge is 0.496 e. The molecule has 2 aromatic carbocycles. The number of carbonyl (C=O) groups excluding carboxylic acids is 1. The first-order valence-electron chi connectivity index (χ1n) is 5.59. The van der Waals surface area contributed by atoms with Crippen molar-refractivity contribution >= 4 is 21.7 Å². The molecule has 0 radical (unpaired) electrons. The van der Waals surface area contributed by atoms with Crippen molar-refractivity contribution in [3.05, 3.63) is 54.1 Å². The van der Waals surface area contributed by atoms with Crippen molar-refractivity contribution in [1.29, 1.82) is 0 Å². The molecule has 0 atom stereocenters. The van der Waals surface area contributed by atoms with Crippen LogP contribution in [0.1, 0.15) is 10.4 Å². The fourth-order valence-corrected chi connectivity index (χ4v) is 2.11. The van der Waals surface area contributed by atoms with Gasteiger partial charge in [0, 0.05) is 0 Å². The van der Waals surface area contributed by atoms with E-state index in [0.29, 0.717) is 16.6 Å². The predicted molar refractivity (Wildman–Crippen MR) is 76.6 cm³/mol. The molecule has 0 amide bonds. The fraction of sp³-hybridized carbons (Fsp3) is 0.133. The number of ketones is 1. The summed E-state index contributed by atoms with van der Waals surface area (Å²) < 4.78 is 5.22. The van der Waals surface area contributed by atoms with Gasteiger partial charge in [0.2, 0.25) is 0 Å². The number of rotatable bonds is 4. The second-order valence-electron chi connectivity index (χ2n) is 3.84. The van der Waals surface area contributed by atoms with Crippen LogP contribution >= 0.6 is 15.9 Å². The molecule has 2 aromatic rings. The van der Waals surface area contributed by atoms with E-state index in [1.165, 1.54) is 0 Å². The quantitative estimate of drug-likeness (QED) is 0.632. The third kappa shape index (κ3) is 2.62. The lowest BCUT2D eigenvalue weighted by molar-refractivity contribution is 0.102. The Morgan fingerprint density at radius 1 is 1.11 bits per heavy atom. The van der Waals surface area contributed by atoms with E-state index in [0.717, 1.165) is 11.1 Å². The Morgan fingerprint density at radius 3 is 2.44 bits per heavy atom. The average Bonchev–Trinajstić information content (AvgIpc) is 2.46. The van der Waals surface area contributed by atoms with E-state index in [1.54, 1.807) is 7.11 Å². The van der Waals surface area contributed by atoms with Gasteiger partial charge in [0.15, 0.2) is 5.78 Å². The zero-order valence-electron chi connectivity index (χ0n) is 10.0. The Hall–Kier alpha value is -1.61. The van der Waals surface area contributed by atoms with Gasteiger partial charge < -0.3 is 4.74 Å². The molecule has 0 unspecified atom stereocenters. The van der Waals surface area contributed by atoms with Gasteiger partial charge in [-0.05, 0) is 23.3 Å².